The van der Waals surface area contributed by atoms with Gasteiger partial charge >= 0.3 is 0 Å². The van der Waals surface area contributed by atoms with E-state index in [9.17, 15) is 10.5 Å². The van der Waals surface area contributed by atoms with Gasteiger partial charge in [-0.15, -0.1) is 0 Å². The van der Waals surface area contributed by atoms with Gasteiger partial charge in [-0.3, -0.25) is 10.1 Å². The fraction of sp³-hybridized carbons (Fsp3) is 0.143. The van der Waals surface area contributed by atoms with Gasteiger partial charge in [0.1, 0.15) is 0 Å². The van der Waals surface area contributed by atoms with Crippen LogP contribution >= 0.6 is 0 Å². The van der Waals surface area contributed by atoms with Crippen LogP contribution < -0.4 is 0 Å². The van der Waals surface area contributed by atoms with E-state index in [4.69, 9.17) is 0 Å². The molecule has 26 heavy (non-hydrogen) atoms. The summed E-state index contributed by atoms with van der Waals surface area (Å²) in [7, 11) is 0. The molecule has 0 amide bonds. The van der Waals surface area contributed by atoms with E-state index in [0.29, 0.717) is 11.3 Å². The molecule has 124 valence electrons. The van der Waals surface area contributed by atoms with E-state index in [0.717, 1.165) is 27.7 Å². The van der Waals surface area contributed by atoms with Crippen molar-refractivity contribution in [2.24, 2.45) is 10.9 Å². The number of aromatic amines is 1. The average molecular weight is 337 g/mol. The Morgan fingerprint density at radius 1 is 1.08 bits per heavy atom. The van der Waals surface area contributed by atoms with Gasteiger partial charge in [0.05, 0.1) is 41.0 Å². The van der Waals surface area contributed by atoms with Gasteiger partial charge in [0.2, 0.25) is 0 Å². The highest BCUT2D eigenvalue weighted by atomic mass is 15.1. The van der Waals surface area contributed by atoms with Crippen LogP contribution in [0.3, 0.4) is 0 Å². The second kappa shape index (κ2) is 6.31. The van der Waals surface area contributed by atoms with Crippen molar-refractivity contribution in [2.75, 3.05) is 0 Å². The summed E-state index contributed by atoms with van der Waals surface area (Å²) in [4.78, 5) is 4.62. The molecule has 1 aliphatic heterocycles. The van der Waals surface area contributed by atoms with Crippen LogP contribution in [-0.4, -0.2) is 15.9 Å². The highest BCUT2D eigenvalue weighted by molar-refractivity contribution is 5.97. The maximum Gasteiger partial charge on any atom is 0.0977 e. The number of nitrogens with one attached hydrogen (secondary N) is 1. The van der Waals surface area contributed by atoms with Gasteiger partial charge in [-0.2, -0.15) is 15.6 Å². The minimum atomic E-state index is -0.471. The maximum absolute atomic E-state index is 9.92. The van der Waals surface area contributed by atoms with E-state index in [2.05, 4.69) is 27.3 Å². The van der Waals surface area contributed by atoms with Crippen LogP contribution in [0.1, 0.15) is 24.0 Å². The fourth-order valence-electron chi connectivity index (χ4n) is 3.48. The smallest absolute Gasteiger partial charge is 0.0977 e. The Kier molecular flexibility index (Phi) is 3.84. The first-order chi connectivity index (χ1) is 12.7. The number of fused-ring (bicyclic) bond motifs is 1. The molecule has 2 unspecified atom stereocenters. The van der Waals surface area contributed by atoms with E-state index in [1.807, 2.05) is 55.5 Å². The summed E-state index contributed by atoms with van der Waals surface area (Å²) in [5.74, 6) is -0.821. The van der Waals surface area contributed by atoms with E-state index in [1.165, 1.54) is 0 Å². The number of hydrogen-bond donors (Lipinski definition) is 1. The lowest BCUT2D eigenvalue weighted by atomic mass is 9.76. The first kappa shape index (κ1) is 15.8. The second-order valence-corrected chi connectivity index (χ2v) is 6.29. The van der Waals surface area contributed by atoms with Crippen LogP contribution in [0.4, 0.5) is 0 Å². The molecule has 1 aliphatic rings. The Morgan fingerprint density at radius 2 is 1.88 bits per heavy atom. The molecule has 0 spiro atoms. The topological polar surface area (TPSA) is 88.6 Å². The number of aromatic nitrogens is 2. The Morgan fingerprint density at radius 3 is 2.62 bits per heavy atom. The average Bonchev–Trinajstić information content (AvgIpc) is 3.15. The predicted octanol–water partition coefficient (Wildman–Crippen LogP) is 4.20. The molecule has 0 saturated heterocycles. The second-order valence-electron chi connectivity index (χ2n) is 6.29. The number of hydrogen-bond acceptors (Lipinski definition) is 4. The fourth-order valence-corrected chi connectivity index (χ4v) is 3.48. The third-order valence-electron chi connectivity index (χ3n) is 4.77. The highest BCUT2D eigenvalue weighted by Gasteiger charge is 2.35. The number of allylic oxidation sites excluding steroid dienone is 1. The van der Waals surface area contributed by atoms with Crippen molar-refractivity contribution in [3.63, 3.8) is 0 Å². The van der Waals surface area contributed by atoms with Gasteiger partial charge in [-0.25, -0.2) is 0 Å². The minimum absolute atomic E-state index is 0.350. The number of nitriles is 2. The monoisotopic (exact) mass is 337 g/mol. The van der Waals surface area contributed by atoms with Crippen LogP contribution in [-0.2, 0) is 0 Å². The molecule has 1 N–H and O–H groups in total. The third-order valence-corrected chi connectivity index (χ3v) is 4.77. The molecule has 0 radical (unpaired) electrons. The van der Waals surface area contributed by atoms with Crippen LogP contribution in [0.5, 0.6) is 0 Å². The van der Waals surface area contributed by atoms with Gasteiger partial charge in [0.25, 0.3) is 0 Å². The molecule has 3 aromatic rings. The zero-order valence-corrected chi connectivity index (χ0v) is 14.1. The molecule has 5 heteroatoms. The molecule has 2 aromatic carbocycles. The van der Waals surface area contributed by atoms with Crippen molar-refractivity contribution in [1.82, 2.24) is 10.2 Å². The SMILES string of the molecule is CC1=NC(c2ccccc2)=C(C#N)C(c2ccc3[nH]ncc3c2)C1C#N. The van der Waals surface area contributed by atoms with E-state index < -0.39 is 5.92 Å². The molecular weight excluding hydrogens is 322 g/mol. The number of aliphatic imine (C=N–C) groups is 1. The Balaban J connectivity index is 1.95. The van der Waals surface area contributed by atoms with Crippen molar-refractivity contribution in [2.45, 2.75) is 12.8 Å². The zero-order chi connectivity index (χ0) is 18.1. The van der Waals surface area contributed by atoms with E-state index in [-0.39, 0.29) is 5.92 Å². The summed E-state index contributed by atoms with van der Waals surface area (Å²) in [6.45, 7) is 1.86. The van der Waals surface area contributed by atoms with Gasteiger partial charge in [-0.1, -0.05) is 36.4 Å². The van der Waals surface area contributed by atoms with Crippen LogP contribution in [0.2, 0.25) is 0 Å². The van der Waals surface area contributed by atoms with Gasteiger partial charge in [0.15, 0.2) is 0 Å². The maximum atomic E-state index is 9.92. The summed E-state index contributed by atoms with van der Waals surface area (Å²) >= 11 is 0. The summed E-state index contributed by atoms with van der Waals surface area (Å²) < 4.78 is 0. The molecule has 1 aromatic heterocycles. The van der Waals surface area contributed by atoms with Gasteiger partial charge < -0.3 is 0 Å². The number of H-pyrrole nitrogens is 1. The summed E-state index contributed by atoms with van der Waals surface area (Å²) in [5, 5.41) is 27.6. The van der Waals surface area contributed by atoms with Crippen molar-refractivity contribution >= 4 is 22.3 Å². The molecule has 2 atom stereocenters. The van der Waals surface area contributed by atoms with Crippen molar-refractivity contribution in [1.29, 1.82) is 10.5 Å². The normalized spacial score (nSPS) is 19.7. The van der Waals surface area contributed by atoms with Gasteiger partial charge in [-0.05, 0) is 24.6 Å². The molecule has 0 aliphatic carbocycles. The predicted molar refractivity (Wildman–Crippen MR) is 100 cm³/mol. The Hall–Kier alpha value is -3.70. The van der Waals surface area contributed by atoms with Crippen LogP contribution in [0, 0.1) is 28.6 Å². The van der Waals surface area contributed by atoms with Crippen LogP contribution in [0.15, 0.2) is 65.3 Å². The van der Waals surface area contributed by atoms with Gasteiger partial charge in [0, 0.05) is 22.6 Å². The summed E-state index contributed by atoms with van der Waals surface area (Å²) in [6.07, 6.45) is 1.75. The minimum Gasteiger partial charge on any atom is -0.278 e. The zero-order valence-electron chi connectivity index (χ0n) is 14.1. The molecule has 0 bridgehead atoms. The number of nitrogens with zero attached hydrogens (tertiary/aromatic N) is 4. The molecule has 0 saturated carbocycles. The largest absolute Gasteiger partial charge is 0.278 e. The highest BCUT2D eigenvalue weighted by Crippen LogP contribution is 2.41. The van der Waals surface area contributed by atoms with E-state index >= 15 is 0 Å². The van der Waals surface area contributed by atoms with Crippen LogP contribution in [0.25, 0.3) is 16.6 Å². The third kappa shape index (κ3) is 2.47. The molecule has 0 fully saturated rings. The molecule has 2 heterocycles. The summed E-state index contributed by atoms with van der Waals surface area (Å²) in [6, 6.07) is 20.2. The Bertz CT molecular complexity index is 1120. The first-order valence-corrected chi connectivity index (χ1v) is 8.30. The van der Waals surface area contributed by atoms with E-state index in [1.54, 1.807) is 6.20 Å². The van der Waals surface area contributed by atoms with Crippen molar-refractivity contribution in [3.8, 4) is 12.1 Å². The van der Waals surface area contributed by atoms with Crippen molar-refractivity contribution in [3.05, 3.63) is 71.4 Å². The standard InChI is InChI=1S/C21H15N5/c1-13-17(10-22)20(15-7-8-19-16(9-15)12-24-26-19)18(11-23)21(25-13)14-5-3-2-4-6-14/h2-9,12,17,20H,1H3,(H,24,26). The first-order valence-electron chi connectivity index (χ1n) is 8.30. The number of benzene rings is 2. The van der Waals surface area contributed by atoms with Crippen molar-refractivity contribution < 1.29 is 0 Å². The lowest BCUT2D eigenvalue weighted by Crippen LogP contribution is -2.24. The summed E-state index contributed by atoms with van der Waals surface area (Å²) in [5.41, 5.74) is 4.63. The lowest BCUT2D eigenvalue weighted by molar-refractivity contribution is 0.720. The number of rotatable bonds is 2. The lowest BCUT2D eigenvalue weighted by Gasteiger charge is -2.28. The molecule has 4 rings (SSSR count). The molecule has 5 nitrogen and oxygen atoms in total. The Labute approximate surface area is 150 Å². The molecular formula is C21H15N5. The quantitative estimate of drug-likeness (QED) is 0.760.